The predicted molar refractivity (Wildman–Crippen MR) is 110 cm³/mol. The molecule has 0 aliphatic carbocycles. The van der Waals surface area contributed by atoms with Gasteiger partial charge in [0.15, 0.2) is 0 Å². The maximum atomic E-state index is 12.8. The van der Waals surface area contributed by atoms with Crippen molar-refractivity contribution in [3.63, 3.8) is 0 Å². The summed E-state index contributed by atoms with van der Waals surface area (Å²) in [4.78, 5) is 16.7. The molecule has 0 bridgehead atoms. The molecule has 3 rings (SSSR count). The van der Waals surface area contributed by atoms with Crippen LogP contribution in [-0.2, 0) is 23.1 Å². The van der Waals surface area contributed by atoms with E-state index < -0.39 is 10.0 Å². The minimum atomic E-state index is -3.12. The Morgan fingerprint density at radius 3 is 2.25 bits per heavy atom. The molecule has 1 saturated heterocycles. The van der Waals surface area contributed by atoms with E-state index in [1.165, 1.54) is 10.6 Å². The smallest absolute Gasteiger partial charge is 0.253 e. The number of nitrogens with zero attached hydrogens (tertiary/aromatic N) is 3. The second-order valence-corrected chi connectivity index (χ2v) is 9.27. The van der Waals surface area contributed by atoms with Crippen LogP contribution in [0.1, 0.15) is 21.5 Å². The highest BCUT2D eigenvalue weighted by Crippen LogP contribution is 2.14. The number of rotatable bonds is 6. The van der Waals surface area contributed by atoms with Gasteiger partial charge in [0.1, 0.15) is 0 Å². The zero-order chi connectivity index (χ0) is 20.1. The minimum absolute atomic E-state index is 0.00685. The van der Waals surface area contributed by atoms with Crippen molar-refractivity contribution in [2.45, 2.75) is 13.1 Å². The third kappa shape index (κ3) is 5.41. The molecule has 0 N–H and O–H groups in total. The van der Waals surface area contributed by atoms with Gasteiger partial charge in [-0.05, 0) is 23.3 Å². The summed E-state index contributed by atoms with van der Waals surface area (Å²) in [6.07, 6.45) is 1.25. The molecule has 1 aliphatic rings. The largest absolute Gasteiger partial charge is 0.337 e. The molecule has 0 saturated carbocycles. The molecule has 0 spiro atoms. The summed E-state index contributed by atoms with van der Waals surface area (Å²) in [7, 11) is -1.31. The third-order valence-electron chi connectivity index (χ3n) is 4.99. The van der Waals surface area contributed by atoms with Gasteiger partial charge < -0.3 is 4.90 Å². The van der Waals surface area contributed by atoms with Gasteiger partial charge in [-0.2, -0.15) is 4.31 Å². The molecular formula is C21H27N3O3S. The highest BCUT2D eigenvalue weighted by Gasteiger charge is 2.23. The summed E-state index contributed by atoms with van der Waals surface area (Å²) >= 11 is 0. The van der Waals surface area contributed by atoms with E-state index in [0.717, 1.165) is 11.1 Å². The van der Waals surface area contributed by atoms with Crippen molar-refractivity contribution in [3.05, 3.63) is 71.3 Å². The number of hydrogen-bond acceptors (Lipinski definition) is 4. The molecule has 1 aliphatic heterocycles. The number of hydrogen-bond donors (Lipinski definition) is 0. The van der Waals surface area contributed by atoms with Crippen LogP contribution in [0.2, 0.25) is 0 Å². The molecule has 2 aromatic rings. The number of carbonyl (C=O) groups is 1. The van der Waals surface area contributed by atoms with Crippen LogP contribution in [0.3, 0.4) is 0 Å². The fourth-order valence-corrected chi connectivity index (χ4v) is 4.26. The van der Waals surface area contributed by atoms with E-state index in [9.17, 15) is 13.2 Å². The fourth-order valence-electron chi connectivity index (χ4n) is 3.43. The van der Waals surface area contributed by atoms with Crippen LogP contribution in [0, 0.1) is 0 Å². The lowest BCUT2D eigenvalue weighted by Gasteiger charge is -2.33. The van der Waals surface area contributed by atoms with Gasteiger partial charge in [-0.15, -0.1) is 0 Å². The maximum Gasteiger partial charge on any atom is 0.253 e. The van der Waals surface area contributed by atoms with Crippen molar-refractivity contribution in [1.82, 2.24) is 14.1 Å². The van der Waals surface area contributed by atoms with Crippen LogP contribution in [0.15, 0.2) is 54.6 Å². The zero-order valence-electron chi connectivity index (χ0n) is 16.4. The average Bonchev–Trinajstić information content (AvgIpc) is 2.68. The molecule has 7 heteroatoms. The lowest BCUT2D eigenvalue weighted by atomic mass is 10.1. The standard InChI is InChI=1S/C21H27N3O3S/c1-22(16-18-7-4-3-5-8-18)21(25)20-10-6-9-19(15-20)17-23-11-13-24(14-12-23)28(2,26)27/h3-10,15H,11-14,16-17H2,1-2H3. The second-order valence-electron chi connectivity index (χ2n) is 7.29. The van der Waals surface area contributed by atoms with Crippen LogP contribution in [0.5, 0.6) is 0 Å². The Bertz CT molecular complexity index is 908. The second kappa shape index (κ2) is 8.86. The van der Waals surface area contributed by atoms with Crippen molar-refractivity contribution in [3.8, 4) is 0 Å². The van der Waals surface area contributed by atoms with Crippen LogP contribution in [0.4, 0.5) is 0 Å². The number of benzene rings is 2. The first-order valence-electron chi connectivity index (χ1n) is 9.39. The van der Waals surface area contributed by atoms with E-state index >= 15 is 0 Å². The molecule has 1 amide bonds. The number of sulfonamides is 1. The molecule has 0 unspecified atom stereocenters. The topological polar surface area (TPSA) is 60.9 Å². The highest BCUT2D eigenvalue weighted by atomic mass is 32.2. The van der Waals surface area contributed by atoms with Crippen molar-refractivity contribution in [2.75, 3.05) is 39.5 Å². The molecular weight excluding hydrogens is 374 g/mol. The van der Waals surface area contributed by atoms with Gasteiger partial charge in [-0.1, -0.05) is 42.5 Å². The van der Waals surface area contributed by atoms with Crippen molar-refractivity contribution in [2.24, 2.45) is 0 Å². The van der Waals surface area contributed by atoms with Gasteiger partial charge in [-0.25, -0.2) is 8.42 Å². The zero-order valence-corrected chi connectivity index (χ0v) is 17.2. The van der Waals surface area contributed by atoms with E-state index in [1.807, 2.05) is 61.6 Å². The summed E-state index contributed by atoms with van der Waals surface area (Å²) in [6.45, 7) is 3.69. The Kier molecular flexibility index (Phi) is 6.49. The van der Waals surface area contributed by atoms with E-state index in [0.29, 0.717) is 44.8 Å². The van der Waals surface area contributed by atoms with Crippen LogP contribution in [-0.4, -0.2) is 67.9 Å². The minimum Gasteiger partial charge on any atom is -0.337 e. The molecule has 2 aromatic carbocycles. The number of amides is 1. The first kappa shape index (κ1) is 20.5. The summed E-state index contributed by atoms with van der Waals surface area (Å²) in [6, 6.07) is 17.6. The monoisotopic (exact) mass is 401 g/mol. The first-order chi connectivity index (χ1) is 13.3. The lowest BCUT2D eigenvalue weighted by Crippen LogP contribution is -2.47. The third-order valence-corrected chi connectivity index (χ3v) is 6.29. The predicted octanol–water partition coefficient (Wildman–Crippen LogP) is 2.04. The highest BCUT2D eigenvalue weighted by molar-refractivity contribution is 7.88. The average molecular weight is 402 g/mol. The number of piperazine rings is 1. The summed E-state index contributed by atoms with van der Waals surface area (Å²) in [5.74, 6) is -0.00685. The Hall–Kier alpha value is -2.22. The maximum absolute atomic E-state index is 12.8. The van der Waals surface area contributed by atoms with E-state index in [-0.39, 0.29) is 5.91 Å². The molecule has 0 atom stereocenters. The van der Waals surface area contributed by atoms with Gasteiger partial charge in [0.05, 0.1) is 6.26 Å². The van der Waals surface area contributed by atoms with Crippen LogP contribution < -0.4 is 0 Å². The van der Waals surface area contributed by atoms with Gasteiger partial charge in [0.25, 0.3) is 5.91 Å². The molecule has 0 radical (unpaired) electrons. The van der Waals surface area contributed by atoms with Gasteiger partial charge in [0, 0.05) is 51.9 Å². The Morgan fingerprint density at radius 2 is 1.61 bits per heavy atom. The molecule has 1 heterocycles. The van der Waals surface area contributed by atoms with Crippen LogP contribution >= 0.6 is 0 Å². The van der Waals surface area contributed by atoms with E-state index in [1.54, 1.807) is 4.90 Å². The quantitative estimate of drug-likeness (QED) is 0.743. The van der Waals surface area contributed by atoms with Crippen molar-refractivity contribution in [1.29, 1.82) is 0 Å². The molecule has 0 aromatic heterocycles. The van der Waals surface area contributed by atoms with E-state index in [2.05, 4.69) is 4.90 Å². The van der Waals surface area contributed by atoms with Gasteiger partial charge in [-0.3, -0.25) is 9.69 Å². The van der Waals surface area contributed by atoms with Gasteiger partial charge in [0.2, 0.25) is 10.0 Å². The summed E-state index contributed by atoms with van der Waals surface area (Å²) in [5.41, 5.74) is 2.83. The number of carbonyl (C=O) groups excluding carboxylic acids is 1. The van der Waals surface area contributed by atoms with Crippen molar-refractivity contribution < 1.29 is 13.2 Å². The summed E-state index contributed by atoms with van der Waals surface area (Å²) in [5, 5.41) is 0. The lowest BCUT2D eigenvalue weighted by molar-refractivity contribution is 0.0785. The Labute approximate surface area is 167 Å². The van der Waals surface area contributed by atoms with Crippen molar-refractivity contribution >= 4 is 15.9 Å². The van der Waals surface area contributed by atoms with Crippen LogP contribution in [0.25, 0.3) is 0 Å². The Balaban J connectivity index is 1.60. The SMILES string of the molecule is CN(Cc1ccccc1)C(=O)c1cccc(CN2CCN(S(C)(=O)=O)CC2)c1. The fraction of sp³-hybridized carbons (Fsp3) is 0.381. The van der Waals surface area contributed by atoms with E-state index in [4.69, 9.17) is 0 Å². The molecule has 150 valence electrons. The molecule has 28 heavy (non-hydrogen) atoms. The van der Waals surface area contributed by atoms with Gasteiger partial charge >= 0.3 is 0 Å². The Morgan fingerprint density at radius 1 is 0.964 bits per heavy atom. The normalized spacial score (nSPS) is 16.1. The molecule has 6 nitrogen and oxygen atoms in total. The first-order valence-corrected chi connectivity index (χ1v) is 11.2. The molecule has 1 fully saturated rings. The summed E-state index contributed by atoms with van der Waals surface area (Å²) < 4.78 is 24.8.